The Bertz CT molecular complexity index is 657. The van der Waals surface area contributed by atoms with Crippen LogP contribution in [0.1, 0.15) is 38.1 Å². The van der Waals surface area contributed by atoms with Crippen molar-refractivity contribution in [2.75, 3.05) is 12.4 Å². The summed E-state index contributed by atoms with van der Waals surface area (Å²) in [6.07, 6.45) is 15.6. The molecule has 1 saturated carbocycles. The Balaban J connectivity index is 1.41. The Morgan fingerprint density at radius 2 is 2.17 bits per heavy atom. The van der Waals surface area contributed by atoms with Gasteiger partial charge in [0.2, 0.25) is 5.95 Å². The van der Waals surface area contributed by atoms with E-state index in [1.54, 1.807) is 7.11 Å². The first-order chi connectivity index (χ1) is 11.3. The predicted molar refractivity (Wildman–Crippen MR) is 86.7 cm³/mol. The lowest BCUT2D eigenvalue weighted by atomic mass is 10.1. The van der Waals surface area contributed by atoms with Crippen molar-refractivity contribution in [2.45, 2.75) is 50.3 Å². The van der Waals surface area contributed by atoms with Crippen LogP contribution in [0.5, 0.6) is 0 Å². The van der Waals surface area contributed by atoms with Crippen LogP contribution in [0, 0.1) is 0 Å². The zero-order valence-electron chi connectivity index (χ0n) is 13.3. The quantitative estimate of drug-likeness (QED) is 0.818. The molecule has 0 bridgehead atoms. The Labute approximate surface area is 135 Å². The van der Waals surface area contributed by atoms with Crippen molar-refractivity contribution >= 4 is 5.95 Å². The molecular formula is C17H22N4O2. The van der Waals surface area contributed by atoms with Gasteiger partial charge in [0.1, 0.15) is 18.2 Å². The molecule has 0 radical (unpaired) electrons. The third-order valence-corrected chi connectivity index (χ3v) is 4.39. The van der Waals surface area contributed by atoms with Gasteiger partial charge in [0, 0.05) is 6.42 Å². The van der Waals surface area contributed by atoms with Crippen LogP contribution in [0.3, 0.4) is 0 Å². The van der Waals surface area contributed by atoms with E-state index in [0.29, 0.717) is 12.0 Å². The molecule has 0 spiro atoms. The molecule has 23 heavy (non-hydrogen) atoms. The van der Waals surface area contributed by atoms with Gasteiger partial charge < -0.3 is 14.8 Å². The SMILES string of the molecule is COC1=C(OC2C=CCC2)CC(Nc2ncn(C3CC3)n2)C=C1. The highest BCUT2D eigenvalue weighted by Crippen LogP contribution is 2.34. The molecule has 6 heteroatoms. The van der Waals surface area contributed by atoms with Crippen LogP contribution in [0.25, 0.3) is 0 Å². The molecule has 1 fully saturated rings. The number of methoxy groups -OCH3 is 1. The van der Waals surface area contributed by atoms with Crippen molar-refractivity contribution in [3.8, 4) is 0 Å². The number of anilines is 1. The first-order valence-corrected chi connectivity index (χ1v) is 8.28. The van der Waals surface area contributed by atoms with E-state index in [1.165, 1.54) is 12.8 Å². The Morgan fingerprint density at radius 3 is 2.91 bits per heavy atom. The predicted octanol–water partition coefficient (Wildman–Crippen LogP) is 2.95. The summed E-state index contributed by atoms with van der Waals surface area (Å²) in [6, 6.07) is 0.664. The minimum atomic E-state index is 0.115. The van der Waals surface area contributed by atoms with Gasteiger partial charge in [0.05, 0.1) is 19.2 Å². The molecule has 0 saturated heterocycles. The molecule has 1 aromatic rings. The van der Waals surface area contributed by atoms with Crippen molar-refractivity contribution in [1.29, 1.82) is 0 Å². The monoisotopic (exact) mass is 314 g/mol. The highest BCUT2D eigenvalue weighted by Gasteiger charge is 2.26. The van der Waals surface area contributed by atoms with E-state index in [9.17, 15) is 0 Å². The number of hydrogen-bond acceptors (Lipinski definition) is 5. The van der Waals surface area contributed by atoms with E-state index in [2.05, 4.69) is 33.6 Å². The number of ether oxygens (including phenoxy) is 2. The second-order valence-electron chi connectivity index (χ2n) is 6.25. The van der Waals surface area contributed by atoms with E-state index >= 15 is 0 Å². The number of rotatable bonds is 6. The molecule has 6 nitrogen and oxygen atoms in total. The molecular weight excluding hydrogens is 292 g/mol. The fourth-order valence-corrected chi connectivity index (χ4v) is 2.96. The van der Waals surface area contributed by atoms with Gasteiger partial charge in [-0.3, -0.25) is 0 Å². The molecule has 0 aromatic carbocycles. The van der Waals surface area contributed by atoms with Crippen LogP contribution in [0.2, 0.25) is 0 Å². The minimum Gasteiger partial charge on any atom is -0.493 e. The molecule has 1 aromatic heterocycles. The molecule has 2 unspecified atom stereocenters. The summed E-state index contributed by atoms with van der Waals surface area (Å²) in [5.74, 6) is 2.37. The standard InChI is InChI=1S/C17H22N4O2/c1-22-15-9-6-12(10-16(15)23-14-4-2-3-5-14)19-17-18-11-21(20-17)13-7-8-13/h2,4,6,9,11-14H,3,5,7-8,10H2,1H3,(H,19,20). The first kappa shape index (κ1) is 14.4. The summed E-state index contributed by atoms with van der Waals surface area (Å²) in [5.41, 5.74) is 0. The summed E-state index contributed by atoms with van der Waals surface area (Å²) in [7, 11) is 1.68. The van der Waals surface area contributed by atoms with E-state index in [0.717, 1.165) is 30.8 Å². The Kier molecular flexibility index (Phi) is 3.81. The van der Waals surface area contributed by atoms with Gasteiger partial charge >= 0.3 is 0 Å². The summed E-state index contributed by atoms with van der Waals surface area (Å²) >= 11 is 0. The smallest absolute Gasteiger partial charge is 0.242 e. The number of allylic oxidation sites excluding steroid dienone is 2. The lowest BCUT2D eigenvalue weighted by molar-refractivity contribution is 0.125. The molecule has 0 amide bonds. The van der Waals surface area contributed by atoms with E-state index in [1.807, 2.05) is 17.1 Å². The fraction of sp³-hybridized carbons (Fsp3) is 0.529. The van der Waals surface area contributed by atoms with Gasteiger partial charge in [-0.05, 0) is 37.8 Å². The molecule has 3 aliphatic carbocycles. The van der Waals surface area contributed by atoms with Gasteiger partial charge in [-0.2, -0.15) is 0 Å². The number of nitrogens with one attached hydrogen (secondary N) is 1. The fourth-order valence-electron chi connectivity index (χ4n) is 2.96. The summed E-state index contributed by atoms with van der Waals surface area (Å²) in [5, 5.41) is 7.86. The first-order valence-electron chi connectivity index (χ1n) is 8.28. The van der Waals surface area contributed by atoms with Gasteiger partial charge in [0.15, 0.2) is 5.76 Å². The summed E-state index contributed by atoms with van der Waals surface area (Å²) in [4.78, 5) is 4.35. The average molecular weight is 314 g/mol. The van der Waals surface area contributed by atoms with Crippen LogP contribution in [0.4, 0.5) is 5.95 Å². The lowest BCUT2D eigenvalue weighted by Gasteiger charge is -2.24. The molecule has 3 aliphatic rings. The van der Waals surface area contributed by atoms with E-state index in [4.69, 9.17) is 9.47 Å². The van der Waals surface area contributed by atoms with Crippen LogP contribution >= 0.6 is 0 Å². The second-order valence-corrected chi connectivity index (χ2v) is 6.25. The number of hydrogen-bond donors (Lipinski definition) is 1. The zero-order chi connectivity index (χ0) is 15.6. The van der Waals surface area contributed by atoms with Crippen LogP contribution in [-0.4, -0.2) is 34.0 Å². The molecule has 0 aliphatic heterocycles. The molecule has 2 atom stereocenters. The lowest BCUT2D eigenvalue weighted by Crippen LogP contribution is -2.24. The minimum absolute atomic E-state index is 0.115. The van der Waals surface area contributed by atoms with Crippen molar-refractivity contribution < 1.29 is 9.47 Å². The zero-order valence-corrected chi connectivity index (χ0v) is 13.3. The Hall–Kier alpha value is -2.24. The van der Waals surface area contributed by atoms with Gasteiger partial charge in [-0.15, -0.1) is 5.10 Å². The van der Waals surface area contributed by atoms with E-state index < -0.39 is 0 Å². The van der Waals surface area contributed by atoms with Crippen LogP contribution < -0.4 is 5.32 Å². The molecule has 4 rings (SSSR count). The molecule has 122 valence electrons. The average Bonchev–Trinajstić information content (AvgIpc) is 3.09. The maximum Gasteiger partial charge on any atom is 0.242 e. The largest absolute Gasteiger partial charge is 0.493 e. The van der Waals surface area contributed by atoms with Crippen molar-refractivity contribution in [2.24, 2.45) is 0 Å². The highest BCUT2D eigenvalue weighted by atomic mass is 16.5. The normalized spacial score (nSPS) is 26.7. The maximum absolute atomic E-state index is 6.11. The third kappa shape index (κ3) is 3.25. The van der Waals surface area contributed by atoms with E-state index in [-0.39, 0.29) is 12.1 Å². The van der Waals surface area contributed by atoms with Crippen LogP contribution in [-0.2, 0) is 9.47 Å². The van der Waals surface area contributed by atoms with Crippen molar-refractivity contribution in [1.82, 2.24) is 14.8 Å². The van der Waals surface area contributed by atoms with Crippen molar-refractivity contribution in [3.05, 3.63) is 42.1 Å². The van der Waals surface area contributed by atoms with Crippen LogP contribution in [0.15, 0.2) is 42.1 Å². The van der Waals surface area contributed by atoms with Gasteiger partial charge in [-0.1, -0.05) is 12.2 Å². The Morgan fingerprint density at radius 1 is 1.26 bits per heavy atom. The number of nitrogens with zero attached hydrogens (tertiary/aromatic N) is 3. The highest BCUT2D eigenvalue weighted by molar-refractivity contribution is 5.33. The van der Waals surface area contributed by atoms with Gasteiger partial charge in [-0.25, -0.2) is 9.67 Å². The summed E-state index contributed by atoms with van der Waals surface area (Å²) in [6.45, 7) is 0. The molecule has 1 N–H and O–H groups in total. The topological polar surface area (TPSA) is 61.2 Å². The van der Waals surface area contributed by atoms with Crippen molar-refractivity contribution in [3.63, 3.8) is 0 Å². The third-order valence-electron chi connectivity index (χ3n) is 4.39. The number of aromatic nitrogens is 3. The molecule has 1 heterocycles. The second kappa shape index (κ2) is 6.10. The summed E-state index contributed by atoms with van der Waals surface area (Å²) < 4.78 is 13.5. The van der Waals surface area contributed by atoms with Gasteiger partial charge in [0.25, 0.3) is 0 Å². The maximum atomic E-state index is 6.11.